The first-order valence-electron chi connectivity index (χ1n) is 5.01. The lowest BCUT2D eigenvalue weighted by Gasteiger charge is -2.03. The highest BCUT2D eigenvalue weighted by atomic mass is 35.5. The Morgan fingerprint density at radius 1 is 1.62 bits per heavy atom. The Bertz CT molecular complexity index is 424. The van der Waals surface area contributed by atoms with E-state index in [1.807, 2.05) is 6.92 Å². The molecular formula is C11H15ClN2O2. The summed E-state index contributed by atoms with van der Waals surface area (Å²) in [6.07, 6.45) is 0. The van der Waals surface area contributed by atoms with Gasteiger partial charge in [0.15, 0.2) is 0 Å². The van der Waals surface area contributed by atoms with Crippen molar-refractivity contribution in [2.24, 2.45) is 0 Å². The van der Waals surface area contributed by atoms with Crippen molar-refractivity contribution in [2.75, 3.05) is 6.61 Å². The summed E-state index contributed by atoms with van der Waals surface area (Å²) in [4.78, 5) is 11.3. The minimum atomic E-state index is -0.321. The molecule has 0 unspecified atom stereocenters. The molecule has 0 atom stereocenters. The Labute approximate surface area is 99.8 Å². The number of aromatic nitrogens is 2. The molecule has 0 saturated carbocycles. The van der Waals surface area contributed by atoms with Crippen molar-refractivity contribution in [1.29, 1.82) is 0 Å². The molecule has 0 amide bonds. The van der Waals surface area contributed by atoms with Crippen LogP contribution in [0.2, 0.25) is 5.02 Å². The number of carbonyl (C=O) groups is 1. The van der Waals surface area contributed by atoms with E-state index in [-0.39, 0.29) is 12.5 Å². The normalized spacial score (nSPS) is 10.2. The molecule has 0 radical (unpaired) electrons. The van der Waals surface area contributed by atoms with Crippen LogP contribution in [0.5, 0.6) is 0 Å². The number of halogens is 1. The Hall–Kier alpha value is -1.29. The molecule has 0 bridgehead atoms. The number of allylic oxidation sites excluding steroid dienone is 1. The van der Waals surface area contributed by atoms with Gasteiger partial charge in [0.1, 0.15) is 12.2 Å². The highest BCUT2D eigenvalue weighted by Gasteiger charge is 2.15. The molecule has 0 N–H and O–H groups in total. The summed E-state index contributed by atoms with van der Waals surface area (Å²) in [6, 6.07) is 0. The van der Waals surface area contributed by atoms with Crippen molar-refractivity contribution < 1.29 is 9.53 Å². The Balaban J connectivity index is 2.94. The first kappa shape index (κ1) is 12.8. The molecule has 1 aromatic rings. The lowest BCUT2D eigenvalue weighted by molar-refractivity contribution is -0.144. The fourth-order valence-corrected chi connectivity index (χ4v) is 1.58. The van der Waals surface area contributed by atoms with Gasteiger partial charge < -0.3 is 4.74 Å². The number of hydrogen-bond acceptors (Lipinski definition) is 3. The second-order valence-electron chi connectivity index (χ2n) is 3.49. The number of esters is 1. The third-order valence-electron chi connectivity index (χ3n) is 2.12. The van der Waals surface area contributed by atoms with E-state index in [2.05, 4.69) is 11.7 Å². The Kier molecular flexibility index (Phi) is 4.12. The van der Waals surface area contributed by atoms with Gasteiger partial charge in [-0.15, -0.1) is 0 Å². The lowest BCUT2D eigenvalue weighted by Crippen LogP contribution is -2.15. The molecule has 1 heterocycles. The number of nitrogens with zero attached hydrogens (tertiary/aromatic N) is 2. The monoisotopic (exact) mass is 242 g/mol. The van der Waals surface area contributed by atoms with Gasteiger partial charge in [0.2, 0.25) is 0 Å². The van der Waals surface area contributed by atoms with Crippen molar-refractivity contribution in [3.8, 4) is 0 Å². The second kappa shape index (κ2) is 5.16. The van der Waals surface area contributed by atoms with Crippen LogP contribution in [0.1, 0.15) is 25.2 Å². The maximum absolute atomic E-state index is 11.3. The van der Waals surface area contributed by atoms with Crippen LogP contribution >= 0.6 is 11.6 Å². The van der Waals surface area contributed by atoms with Gasteiger partial charge in [-0.05, 0) is 26.3 Å². The summed E-state index contributed by atoms with van der Waals surface area (Å²) in [5, 5.41) is 4.75. The van der Waals surface area contributed by atoms with Crippen molar-refractivity contribution in [3.63, 3.8) is 0 Å². The zero-order valence-electron chi connectivity index (χ0n) is 9.71. The number of rotatable bonds is 4. The maximum atomic E-state index is 11.3. The standard InChI is InChI=1S/C11H15ClN2O2/c1-5-16-9(15)6-14-8(4)10(12)11(13-14)7(2)3/h2,5-6H2,1,3-4H3. The molecule has 0 spiro atoms. The Morgan fingerprint density at radius 2 is 2.25 bits per heavy atom. The van der Waals surface area contributed by atoms with Crippen LogP contribution in [0.25, 0.3) is 5.57 Å². The average molecular weight is 243 g/mol. The zero-order valence-corrected chi connectivity index (χ0v) is 10.5. The van der Waals surface area contributed by atoms with Crippen molar-refractivity contribution in [2.45, 2.75) is 27.3 Å². The van der Waals surface area contributed by atoms with E-state index in [0.29, 0.717) is 17.3 Å². The molecule has 1 rings (SSSR count). The van der Waals surface area contributed by atoms with Crippen molar-refractivity contribution >= 4 is 23.1 Å². The quantitative estimate of drug-likeness (QED) is 0.762. The molecule has 0 fully saturated rings. The largest absolute Gasteiger partial charge is 0.465 e. The van der Waals surface area contributed by atoms with Crippen LogP contribution in [-0.2, 0) is 16.1 Å². The van der Waals surface area contributed by atoms with E-state index >= 15 is 0 Å². The molecule has 4 nitrogen and oxygen atoms in total. The third-order valence-corrected chi connectivity index (χ3v) is 2.57. The van der Waals surface area contributed by atoms with E-state index in [4.69, 9.17) is 16.3 Å². The topological polar surface area (TPSA) is 44.1 Å². The van der Waals surface area contributed by atoms with Crippen molar-refractivity contribution in [1.82, 2.24) is 9.78 Å². The molecule has 0 saturated heterocycles. The van der Waals surface area contributed by atoms with Crippen LogP contribution in [0.4, 0.5) is 0 Å². The molecule has 88 valence electrons. The maximum Gasteiger partial charge on any atom is 0.327 e. The minimum absolute atomic E-state index is 0.0761. The SMILES string of the molecule is C=C(C)c1nn(CC(=O)OCC)c(C)c1Cl. The zero-order chi connectivity index (χ0) is 12.3. The molecule has 0 aromatic carbocycles. The van der Waals surface area contributed by atoms with Gasteiger partial charge in [-0.1, -0.05) is 18.2 Å². The lowest BCUT2D eigenvalue weighted by atomic mass is 10.2. The van der Waals surface area contributed by atoms with E-state index in [1.54, 1.807) is 13.8 Å². The van der Waals surface area contributed by atoms with Gasteiger partial charge in [-0.25, -0.2) is 0 Å². The highest BCUT2D eigenvalue weighted by molar-refractivity contribution is 6.32. The predicted molar refractivity (Wildman–Crippen MR) is 63.3 cm³/mol. The highest BCUT2D eigenvalue weighted by Crippen LogP contribution is 2.24. The van der Waals surface area contributed by atoms with Gasteiger partial charge in [0, 0.05) is 0 Å². The summed E-state index contributed by atoms with van der Waals surface area (Å²) in [5.74, 6) is -0.321. The number of hydrogen-bond donors (Lipinski definition) is 0. The van der Waals surface area contributed by atoms with Crippen LogP contribution in [0.3, 0.4) is 0 Å². The second-order valence-corrected chi connectivity index (χ2v) is 3.87. The predicted octanol–water partition coefficient (Wildman–Crippen LogP) is 2.44. The van der Waals surface area contributed by atoms with Crippen molar-refractivity contribution in [3.05, 3.63) is 23.0 Å². The van der Waals surface area contributed by atoms with E-state index in [9.17, 15) is 4.79 Å². The fourth-order valence-electron chi connectivity index (χ4n) is 1.28. The number of carbonyl (C=O) groups excluding carboxylic acids is 1. The van der Waals surface area contributed by atoms with E-state index < -0.39 is 0 Å². The molecule has 0 aliphatic rings. The van der Waals surface area contributed by atoms with Crippen LogP contribution < -0.4 is 0 Å². The van der Waals surface area contributed by atoms with Crippen LogP contribution in [0, 0.1) is 6.92 Å². The molecule has 0 aliphatic carbocycles. The van der Waals surface area contributed by atoms with Gasteiger partial charge in [0.05, 0.1) is 17.3 Å². The summed E-state index contributed by atoms with van der Waals surface area (Å²) in [6.45, 7) is 9.61. The summed E-state index contributed by atoms with van der Waals surface area (Å²) in [7, 11) is 0. The summed E-state index contributed by atoms with van der Waals surface area (Å²) in [5.41, 5.74) is 2.15. The van der Waals surface area contributed by atoms with Gasteiger partial charge in [-0.2, -0.15) is 5.10 Å². The molecule has 16 heavy (non-hydrogen) atoms. The fraction of sp³-hybridized carbons (Fsp3) is 0.455. The van der Waals surface area contributed by atoms with Gasteiger partial charge in [-0.3, -0.25) is 9.48 Å². The van der Waals surface area contributed by atoms with Gasteiger partial charge >= 0.3 is 5.97 Å². The summed E-state index contributed by atoms with van der Waals surface area (Å²) < 4.78 is 6.38. The van der Waals surface area contributed by atoms with Crippen LogP contribution in [-0.4, -0.2) is 22.4 Å². The minimum Gasteiger partial charge on any atom is -0.465 e. The smallest absolute Gasteiger partial charge is 0.327 e. The Morgan fingerprint density at radius 3 is 2.69 bits per heavy atom. The average Bonchev–Trinajstić information content (AvgIpc) is 2.46. The molecule has 5 heteroatoms. The van der Waals surface area contributed by atoms with Gasteiger partial charge in [0.25, 0.3) is 0 Å². The molecular weight excluding hydrogens is 228 g/mol. The molecule has 0 aliphatic heterocycles. The first-order valence-corrected chi connectivity index (χ1v) is 5.39. The van der Waals surface area contributed by atoms with E-state index in [1.165, 1.54) is 4.68 Å². The third kappa shape index (κ3) is 2.64. The van der Waals surface area contributed by atoms with E-state index in [0.717, 1.165) is 11.3 Å². The molecule has 1 aromatic heterocycles. The summed E-state index contributed by atoms with van der Waals surface area (Å²) >= 11 is 6.07. The first-order chi connectivity index (χ1) is 7.47. The number of ether oxygens (including phenoxy) is 1. The van der Waals surface area contributed by atoms with Crippen LogP contribution in [0.15, 0.2) is 6.58 Å².